The molecular formula is C12H13ClN2OS. The minimum atomic E-state index is 0.690. The summed E-state index contributed by atoms with van der Waals surface area (Å²) in [5.74, 6) is 0.747. The monoisotopic (exact) mass is 268 g/mol. The van der Waals surface area contributed by atoms with Gasteiger partial charge in [-0.05, 0) is 18.6 Å². The molecule has 1 N–H and O–H groups in total. The van der Waals surface area contributed by atoms with Gasteiger partial charge in [-0.2, -0.15) is 0 Å². The van der Waals surface area contributed by atoms with Crippen LogP contribution in [-0.4, -0.2) is 12.1 Å². The van der Waals surface area contributed by atoms with Crippen LogP contribution in [0, 0.1) is 6.92 Å². The molecule has 0 radical (unpaired) electrons. The molecule has 0 aliphatic rings. The number of benzene rings is 1. The quantitative estimate of drug-likeness (QED) is 0.918. The molecule has 5 heteroatoms. The van der Waals surface area contributed by atoms with Crippen LogP contribution in [0.1, 0.15) is 10.6 Å². The van der Waals surface area contributed by atoms with Gasteiger partial charge in [0.05, 0.1) is 19.3 Å². The number of anilines is 1. The van der Waals surface area contributed by atoms with E-state index in [2.05, 4.69) is 10.3 Å². The molecule has 0 unspecified atom stereocenters. The third-order valence-electron chi connectivity index (χ3n) is 2.39. The zero-order valence-electron chi connectivity index (χ0n) is 9.66. The van der Waals surface area contributed by atoms with Crippen molar-refractivity contribution in [1.29, 1.82) is 0 Å². The Labute approximate surface area is 109 Å². The van der Waals surface area contributed by atoms with Crippen LogP contribution in [-0.2, 0) is 6.54 Å². The highest BCUT2D eigenvalue weighted by molar-refractivity contribution is 7.09. The molecule has 17 heavy (non-hydrogen) atoms. The second-order valence-corrected chi connectivity index (χ2v) is 4.97. The summed E-state index contributed by atoms with van der Waals surface area (Å²) in [6.07, 6.45) is 1.80. The molecule has 0 saturated carbocycles. The molecule has 1 aromatic heterocycles. The maximum atomic E-state index is 6.05. The van der Waals surface area contributed by atoms with Gasteiger partial charge in [-0.3, -0.25) is 0 Å². The van der Waals surface area contributed by atoms with Gasteiger partial charge in [0.15, 0.2) is 0 Å². The van der Waals surface area contributed by atoms with E-state index < -0.39 is 0 Å². The summed E-state index contributed by atoms with van der Waals surface area (Å²) in [4.78, 5) is 4.22. The van der Waals surface area contributed by atoms with Gasteiger partial charge < -0.3 is 10.1 Å². The Hall–Kier alpha value is -1.26. The molecule has 1 heterocycles. The summed E-state index contributed by atoms with van der Waals surface area (Å²) < 4.78 is 5.29. The summed E-state index contributed by atoms with van der Waals surface area (Å²) in [5, 5.41) is 7.01. The molecule has 0 saturated heterocycles. The van der Waals surface area contributed by atoms with Gasteiger partial charge >= 0.3 is 0 Å². The van der Waals surface area contributed by atoms with Crippen LogP contribution in [0.25, 0.3) is 0 Å². The van der Waals surface area contributed by atoms with Gasteiger partial charge in [0.25, 0.3) is 0 Å². The van der Waals surface area contributed by atoms with Crippen LogP contribution in [0.15, 0.2) is 23.7 Å². The molecule has 1 aromatic carbocycles. The Morgan fingerprint density at radius 3 is 2.94 bits per heavy atom. The molecule has 3 nitrogen and oxygen atoms in total. The number of halogens is 1. The van der Waals surface area contributed by atoms with Crippen molar-refractivity contribution in [1.82, 2.24) is 4.98 Å². The smallest absolute Gasteiger partial charge is 0.143 e. The molecule has 2 aromatic rings. The lowest BCUT2D eigenvalue weighted by Gasteiger charge is -2.12. The molecule has 0 aliphatic carbocycles. The van der Waals surface area contributed by atoms with Crippen molar-refractivity contribution < 1.29 is 4.74 Å². The Morgan fingerprint density at radius 2 is 2.29 bits per heavy atom. The van der Waals surface area contributed by atoms with Crippen LogP contribution in [0.2, 0.25) is 5.02 Å². The van der Waals surface area contributed by atoms with E-state index in [9.17, 15) is 0 Å². The number of nitrogens with one attached hydrogen (secondary N) is 1. The average Bonchev–Trinajstić information content (AvgIpc) is 2.83. The normalized spacial score (nSPS) is 10.3. The van der Waals surface area contributed by atoms with Crippen molar-refractivity contribution >= 4 is 28.6 Å². The third kappa shape index (κ3) is 2.90. The first-order valence-corrected chi connectivity index (χ1v) is 6.43. The Morgan fingerprint density at radius 1 is 1.47 bits per heavy atom. The van der Waals surface area contributed by atoms with Gasteiger partial charge in [0.1, 0.15) is 10.8 Å². The lowest BCUT2D eigenvalue weighted by atomic mass is 10.2. The summed E-state index contributed by atoms with van der Waals surface area (Å²) in [6.45, 7) is 2.66. The second kappa shape index (κ2) is 5.38. The van der Waals surface area contributed by atoms with Crippen molar-refractivity contribution in [3.8, 4) is 5.75 Å². The van der Waals surface area contributed by atoms with Crippen molar-refractivity contribution in [3.63, 3.8) is 0 Å². The van der Waals surface area contributed by atoms with E-state index in [1.807, 2.05) is 24.4 Å². The van der Waals surface area contributed by atoms with Crippen LogP contribution in [0.4, 0.5) is 5.69 Å². The fraction of sp³-hybridized carbons (Fsp3) is 0.250. The van der Waals surface area contributed by atoms with Gasteiger partial charge in [0.2, 0.25) is 0 Å². The molecule has 2 rings (SSSR count). The standard InChI is InChI=1S/C12H13ClN2OS/c1-8-5-10(11(16-2)6-9(8)13)15-7-12-14-3-4-17-12/h3-6,15H,7H2,1-2H3. The minimum Gasteiger partial charge on any atom is -0.495 e. The fourth-order valence-corrected chi connectivity index (χ4v) is 2.19. The number of aromatic nitrogens is 1. The summed E-state index contributed by atoms with van der Waals surface area (Å²) in [7, 11) is 1.63. The fourth-order valence-electron chi connectivity index (χ4n) is 1.48. The number of methoxy groups -OCH3 is 1. The molecular weight excluding hydrogens is 256 g/mol. The summed E-state index contributed by atoms with van der Waals surface area (Å²) in [6, 6.07) is 3.80. The molecule has 90 valence electrons. The number of aryl methyl sites for hydroxylation is 1. The van der Waals surface area contributed by atoms with Crippen LogP contribution < -0.4 is 10.1 Å². The van der Waals surface area contributed by atoms with Gasteiger partial charge in [-0.1, -0.05) is 11.6 Å². The van der Waals surface area contributed by atoms with Gasteiger partial charge in [0, 0.05) is 22.7 Å². The second-order valence-electron chi connectivity index (χ2n) is 3.58. The molecule has 0 spiro atoms. The summed E-state index contributed by atoms with van der Waals surface area (Å²) in [5.41, 5.74) is 1.96. The largest absolute Gasteiger partial charge is 0.495 e. The topological polar surface area (TPSA) is 34.1 Å². The molecule has 0 fully saturated rings. The average molecular weight is 269 g/mol. The first-order chi connectivity index (χ1) is 8.20. The van der Waals surface area contributed by atoms with E-state index in [-0.39, 0.29) is 0 Å². The maximum absolute atomic E-state index is 6.05. The predicted molar refractivity (Wildman–Crippen MR) is 72.2 cm³/mol. The number of thiazole rings is 1. The van der Waals surface area contributed by atoms with Crippen molar-refractivity contribution in [3.05, 3.63) is 39.3 Å². The number of hydrogen-bond acceptors (Lipinski definition) is 4. The Kier molecular flexibility index (Phi) is 3.86. The number of rotatable bonds is 4. The van der Waals surface area contributed by atoms with E-state index >= 15 is 0 Å². The molecule has 0 atom stereocenters. The van der Waals surface area contributed by atoms with Crippen molar-refractivity contribution in [2.24, 2.45) is 0 Å². The lowest BCUT2D eigenvalue weighted by Crippen LogP contribution is -2.01. The van der Waals surface area contributed by atoms with E-state index in [0.717, 1.165) is 22.0 Å². The molecule has 0 aliphatic heterocycles. The Bertz CT molecular complexity index is 499. The van der Waals surface area contributed by atoms with Crippen molar-refractivity contribution in [2.75, 3.05) is 12.4 Å². The number of ether oxygens (including phenoxy) is 1. The van der Waals surface area contributed by atoms with Crippen molar-refractivity contribution in [2.45, 2.75) is 13.5 Å². The zero-order valence-corrected chi connectivity index (χ0v) is 11.2. The lowest BCUT2D eigenvalue weighted by molar-refractivity contribution is 0.416. The first-order valence-electron chi connectivity index (χ1n) is 5.17. The van der Waals surface area contributed by atoms with Gasteiger partial charge in [-0.15, -0.1) is 11.3 Å². The number of hydrogen-bond donors (Lipinski definition) is 1. The first kappa shape index (κ1) is 12.2. The van der Waals surface area contributed by atoms with E-state index in [1.54, 1.807) is 24.6 Å². The van der Waals surface area contributed by atoms with E-state index in [0.29, 0.717) is 11.6 Å². The van der Waals surface area contributed by atoms with Crippen LogP contribution in [0.3, 0.4) is 0 Å². The highest BCUT2D eigenvalue weighted by Gasteiger charge is 2.07. The minimum absolute atomic E-state index is 0.690. The summed E-state index contributed by atoms with van der Waals surface area (Å²) >= 11 is 7.67. The van der Waals surface area contributed by atoms with E-state index in [1.165, 1.54) is 0 Å². The number of nitrogens with zero attached hydrogens (tertiary/aromatic N) is 1. The third-order valence-corrected chi connectivity index (χ3v) is 3.58. The van der Waals surface area contributed by atoms with E-state index in [4.69, 9.17) is 16.3 Å². The zero-order chi connectivity index (χ0) is 12.3. The highest BCUT2D eigenvalue weighted by atomic mass is 35.5. The highest BCUT2D eigenvalue weighted by Crippen LogP contribution is 2.31. The predicted octanol–water partition coefficient (Wildman–Crippen LogP) is 3.73. The van der Waals surface area contributed by atoms with Crippen LogP contribution >= 0.6 is 22.9 Å². The Balaban J connectivity index is 2.17. The maximum Gasteiger partial charge on any atom is 0.143 e. The van der Waals surface area contributed by atoms with Gasteiger partial charge in [-0.25, -0.2) is 4.98 Å². The molecule has 0 bridgehead atoms. The molecule has 0 amide bonds. The SMILES string of the molecule is COc1cc(Cl)c(C)cc1NCc1nccs1. The van der Waals surface area contributed by atoms with Crippen LogP contribution in [0.5, 0.6) is 5.75 Å².